The van der Waals surface area contributed by atoms with Gasteiger partial charge in [0.15, 0.2) is 0 Å². The second-order valence-corrected chi connectivity index (χ2v) is 8.68. The van der Waals surface area contributed by atoms with Gasteiger partial charge in [0.25, 0.3) is 0 Å². The number of benzene rings is 1. The second-order valence-electron chi connectivity index (χ2n) is 4.34. The summed E-state index contributed by atoms with van der Waals surface area (Å²) in [5.74, 6) is 1.02. The molecule has 0 bridgehead atoms. The molecule has 1 aromatic rings. The Labute approximate surface area is 127 Å². The Morgan fingerprint density at radius 3 is 2.25 bits per heavy atom. The van der Waals surface area contributed by atoms with E-state index in [1.807, 2.05) is 23.9 Å². The first-order valence-electron chi connectivity index (χ1n) is 6.66. The summed E-state index contributed by atoms with van der Waals surface area (Å²) in [5, 5.41) is 0.333. The molecule has 0 radical (unpaired) electrons. The Balaban J connectivity index is 2.41. The van der Waals surface area contributed by atoms with Crippen LogP contribution in [0.25, 0.3) is 0 Å². The highest BCUT2D eigenvalue weighted by molar-refractivity contribution is 7.99. The van der Waals surface area contributed by atoms with Gasteiger partial charge in [0.05, 0.1) is 0 Å². The minimum absolute atomic E-state index is 0.333. The number of rotatable bonds is 10. The van der Waals surface area contributed by atoms with Gasteiger partial charge in [-0.15, -0.1) is 18.3 Å². The van der Waals surface area contributed by atoms with Gasteiger partial charge in [-0.1, -0.05) is 36.4 Å². The predicted octanol–water partition coefficient (Wildman–Crippen LogP) is 3.92. The van der Waals surface area contributed by atoms with Crippen molar-refractivity contribution in [2.45, 2.75) is 17.7 Å². The van der Waals surface area contributed by atoms with Crippen LogP contribution in [0.3, 0.4) is 0 Å². The van der Waals surface area contributed by atoms with Gasteiger partial charge < -0.3 is 13.3 Å². The van der Waals surface area contributed by atoms with Crippen LogP contribution in [0.4, 0.5) is 0 Å². The molecule has 0 saturated carbocycles. The van der Waals surface area contributed by atoms with Crippen molar-refractivity contribution < 1.29 is 13.3 Å². The average Bonchev–Trinajstić information content (AvgIpc) is 2.53. The van der Waals surface area contributed by atoms with Gasteiger partial charge in [0.1, 0.15) is 0 Å². The lowest BCUT2D eigenvalue weighted by atomic mass is 10.1. The SMILES string of the molecule is C=CC(SCCC[Si](OC)(OC)OC)c1ccccc1. The van der Waals surface area contributed by atoms with Gasteiger partial charge >= 0.3 is 8.80 Å². The Bertz CT molecular complexity index is 374. The van der Waals surface area contributed by atoms with Crippen LogP contribution in [0.5, 0.6) is 0 Å². The van der Waals surface area contributed by atoms with E-state index in [1.165, 1.54) is 5.56 Å². The highest BCUT2D eigenvalue weighted by Crippen LogP contribution is 2.31. The van der Waals surface area contributed by atoms with Crippen molar-refractivity contribution in [3.8, 4) is 0 Å². The van der Waals surface area contributed by atoms with E-state index in [4.69, 9.17) is 13.3 Å². The molecule has 1 atom stereocenters. The van der Waals surface area contributed by atoms with E-state index in [1.54, 1.807) is 21.3 Å². The Kier molecular flexibility index (Phi) is 8.17. The maximum atomic E-state index is 5.42. The van der Waals surface area contributed by atoms with Gasteiger partial charge in [-0.3, -0.25) is 0 Å². The summed E-state index contributed by atoms with van der Waals surface area (Å²) >= 11 is 1.88. The van der Waals surface area contributed by atoms with Gasteiger partial charge in [0, 0.05) is 32.6 Å². The topological polar surface area (TPSA) is 27.7 Å². The molecule has 0 saturated heterocycles. The fourth-order valence-corrected chi connectivity index (χ4v) is 5.03. The summed E-state index contributed by atoms with van der Waals surface area (Å²) in [7, 11) is 2.55. The third-order valence-electron chi connectivity index (χ3n) is 3.20. The summed E-state index contributed by atoms with van der Waals surface area (Å²) in [5.41, 5.74) is 1.29. The molecule has 0 aliphatic carbocycles. The molecule has 3 nitrogen and oxygen atoms in total. The van der Waals surface area contributed by atoms with E-state index < -0.39 is 8.80 Å². The predicted molar refractivity (Wildman–Crippen MR) is 88.0 cm³/mol. The van der Waals surface area contributed by atoms with Gasteiger partial charge in [0.2, 0.25) is 0 Å². The van der Waals surface area contributed by atoms with E-state index in [0.717, 1.165) is 18.2 Å². The molecule has 1 unspecified atom stereocenters. The van der Waals surface area contributed by atoms with Crippen molar-refractivity contribution in [2.75, 3.05) is 27.1 Å². The molecular weight excluding hydrogens is 288 g/mol. The van der Waals surface area contributed by atoms with Crippen LogP contribution in [0.15, 0.2) is 43.0 Å². The zero-order valence-electron chi connectivity index (χ0n) is 12.5. The van der Waals surface area contributed by atoms with Crippen LogP contribution in [0, 0.1) is 0 Å². The lowest BCUT2D eigenvalue weighted by Gasteiger charge is -2.24. The Morgan fingerprint density at radius 2 is 1.75 bits per heavy atom. The van der Waals surface area contributed by atoms with Crippen molar-refractivity contribution >= 4 is 20.6 Å². The largest absolute Gasteiger partial charge is 0.500 e. The van der Waals surface area contributed by atoms with Crippen LogP contribution in [-0.2, 0) is 13.3 Å². The van der Waals surface area contributed by atoms with E-state index >= 15 is 0 Å². The number of hydrogen-bond acceptors (Lipinski definition) is 4. The molecule has 0 N–H and O–H groups in total. The maximum Gasteiger partial charge on any atom is 0.500 e. The molecule has 20 heavy (non-hydrogen) atoms. The molecule has 0 amide bonds. The van der Waals surface area contributed by atoms with Crippen LogP contribution < -0.4 is 0 Å². The van der Waals surface area contributed by atoms with E-state index in [0.29, 0.717) is 5.25 Å². The van der Waals surface area contributed by atoms with Crippen LogP contribution in [0.1, 0.15) is 17.2 Å². The fourth-order valence-electron chi connectivity index (χ4n) is 2.00. The Hall–Kier alpha value is -0.593. The summed E-state index contributed by atoms with van der Waals surface area (Å²) in [6, 6.07) is 11.3. The zero-order valence-corrected chi connectivity index (χ0v) is 14.3. The van der Waals surface area contributed by atoms with E-state index in [-0.39, 0.29) is 0 Å². The summed E-state index contributed by atoms with van der Waals surface area (Å²) in [6.45, 7) is 3.93. The third-order valence-corrected chi connectivity index (χ3v) is 7.38. The van der Waals surface area contributed by atoms with Crippen molar-refractivity contribution in [1.29, 1.82) is 0 Å². The molecule has 1 rings (SSSR count). The zero-order chi connectivity index (χ0) is 14.8. The third kappa shape index (κ3) is 5.07. The average molecular weight is 313 g/mol. The van der Waals surface area contributed by atoms with E-state index in [9.17, 15) is 0 Å². The monoisotopic (exact) mass is 312 g/mol. The fraction of sp³-hybridized carbons (Fsp3) is 0.467. The maximum absolute atomic E-state index is 5.42. The lowest BCUT2D eigenvalue weighted by molar-refractivity contribution is 0.123. The molecule has 1 aromatic carbocycles. The summed E-state index contributed by atoms with van der Waals surface area (Å²) in [6.07, 6.45) is 3.00. The van der Waals surface area contributed by atoms with Gasteiger partial charge in [-0.05, 0) is 17.7 Å². The standard InChI is InChI=1S/C15H24O3SSi/c1-5-15(14-10-7-6-8-11-14)19-12-9-13-20(16-2,17-3)18-4/h5-8,10-11,15H,1,9,12-13H2,2-4H3. The number of hydrogen-bond donors (Lipinski definition) is 0. The lowest BCUT2D eigenvalue weighted by Crippen LogP contribution is -2.42. The Morgan fingerprint density at radius 1 is 1.15 bits per heavy atom. The smallest absolute Gasteiger partial charge is 0.377 e. The van der Waals surface area contributed by atoms with Crippen molar-refractivity contribution in [2.24, 2.45) is 0 Å². The van der Waals surface area contributed by atoms with Gasteiger partial charge in [-0.2, -0.15) is 0 Å². The van der Waals surface area contributed by atoms with Crippen molar-refractivity contribution in [3.05, 3.63) is 48.6 Å². The summed E-state index contributed by atoms with van der Waals surface area (Å²) < 4.78 is 16.3. The first-order valence-corrected chi connectivity index (χ1v) is 9.64. The van der Waals surface area contributed by atoms with Gasteiger partial charge in [-0.25, -0.2) is 0 Å². The summed E-state index contributed by atoms with van der Waals surface area (Å²) in [4.78, 5) is 0. The molecule has 5 heteroatoms. The second kappa shape index (κ2) is 9.36. The first kappa shape index (κ1) is 17.5. The normalized spacial score (nSPS) is 13.2. The van der Waals surface area contributed by atoms with Crippen LogP contribution >= 0.6 is 11.8 Å². The van der Waals surface area contributed by atoms with Crippen molar-refractivity contribution in [3.63, 3.8) is 0 Å². The molecule has 0 aliphatic rings. The molecule has 0 aliphatic heterocycles. The quantitative estimate of drug-likeness (QED) is 0.372. The molecule has 0 fully saturated rings. The molecule has 0 aromatic heterocycles. The van der Waals surface area contributed by atoms with Crippen molar-refractivity contribution in [1.82, 2.24) is 0 Å². The minimum atomic E-state index is -2.42. The van der Waals surface area contributed by atoms with Crippen LogP contribution in [-0.4, -0.2) is 35.9 Å². The number of thioether (sulfide) groups is 1. The molecule has 0 heterocycles. The van der Waals surface area contributed by atoms with Crippen LogP contribution in [0.2, 0.25) is 6.04 Å². The molecule has 0 spiro atoms. The highest BCUT2D eigenvalue weighted by Gasteiger charge is 2.36. The van der Waals surface area contributed by atoms with E-state index in [2.05, 4.69) is 30.8 Å². The first-order chi connectivity index (χ1) is 9.71. The highest BCUT2D eigenvalue weighted by atomic mass is 32.2. The molecular formula is C15H24O3SSi. The molecule has 112 valence electrons. The minimum Gasteiger partial charge on any atom is -0.377 e.